The molecule has 0 aliphatic heterocycles. The Morgan fingerprint density at radius 3 is 2.46 bits per heavy atom. The van der Waals surface area contributed by atoms with Crippen LogP contribution in [0.25, 0.3) is 10.6 Å². The number of nitrogens with one attached hydrogen (secondary N) is 3. The fourth-order valence-electron chi connectivity index (χ4n) is 3.41. The number of carbonyl (C=O) groups excluding carboxylic acids is 2. The quantitative estimate of drug-likeness (QED) is 0.293. The Morgan fingerprint density at radius 1 is 0.914 bits per heavy atom. The molecule has 0 saturated heterocycles. The third-order valence-corrected chi connectivity index (χ3v) is 6.52. The summed E-state index contributed by atoms with van der Waals surface area (Å²) >= 11 is 7.30. The number of urea groups is 1. The molecule has 0 aliphatic carbocycles. The fraction of sp³-hybridized carbons (Fsp3) is 0.154. The van der Waals surface area contributed by atoms with Crippen LogP contribution in [0.15, 0.2) is 72.8 Å². The second-order valence-electron chi connectivity index (χ2n) is 8.05. The van der Waals surface area contributed by atoms with Crippen LogP contribution in [0.3, 0.4) is 0 Å². The Labute approximate surface area is 212 Å². The molecule has 3 amide bonds. The molecule has 0 unspecified atom stereocenters. The van der Waals surface area contributed by atoms with Crippen LogP contribution in [0.1, 0.15) is 16.7 Å². The van der Waals surface area contributed by atoms with Crippen LogP contribution in [0, 0.1) is 13.8 Å². The van der Waals surface area contributed by atoms with Crippen LogP contribution in [0.4, 0.5) is 15.6 Å². The van der Waals surface area contributed by atoms with Gasteiger partial charge in [0.05, 0.1) is 0 Å². The maximum absolute atomic E-state index is 13.2. The van der Waals surface area contributed by atoms with Gasteiger partial charge in [-0.2, -0.15) is 0 Å². The van der Waals surface area contributed by atoms with Gasteiger partial charge in [0.15, 0.2) is 0 Å². The van der Waals surface area contributed by atoms with Gasteiger partial charge >= 0.3 is 6.03 Å². The van der Waals surface area contributed by atoms with Crippen LogP contribution in [-0.2, 0) is 11.2 Å². The number of amides is 3. The van der Waals surface area contributed by atoms with Crippen LogP contribution in [-0.4, -0.2) is 28.2 Å². The molecule has 4 aromatic rings. The highest BCUT2D eigenvalue weighted by atomic mass is 35.5. The van der Waals surface area contributed by atoms with E-state index >= 15 is 0 Å². The number of aryl methyl sites for hydroxylation is 2. The van der Waals surface area contributed by atoms with Gasteiger partial charge in [0.25, 0.3) is 0 Å². The Hall–Kier alpha value is -3.75. The molecule has 9 heteroatoms. The first kappa shape index (κ1) is 24.4. The Balaban J connectivity index is 1.48. The average molecular weight is 506 g/mol. The minimum absolute atomic E-state index is 0.312. The van der Waals surface area contributed by atoms with Crippen molar-refractivity contribution in [1.29, 1.82) is 0 Å². The summed E-state index contributed by atoms with van der Waals surface area (Å²) in [5.74, 6) is -0.391. The van der Waals surface area contributed by atoms with Crippen molar-refractivity contribution in [3.63, 3.8) is 0 Å². The van der Waals surface area contributed by atoms with Crippen LogP contribution in [0.5, 0.6) is 0 Å². The van der Waals surface area contributed by atoms with Gasteiger partial charge in [-0.15, -0.1) is 10.2 Å². The zero-order valence-corrected chi connectivity index (χ0v) is 20.8. The van der Waals surface area contributed by atoms with E-state index in [0.717, 1.165) is 22.3 Å². The normalized spacial score (nSPS) is 11.5. The molecule has 0 spiro atoms. The first-order chi connectivity index (χ1) is 16.9. The van der Waals surface area contributed by atoms with E-state index in [9.17, 15) is 9.59 Å². The molecule has 1 aromatic heterocycles. The number of aromatic nitrogens is 2. The van der Waals surface area contributed by atoms with Crippen molar-refractivity contribution in [3.05, 3.63) is 94.5 Å². The molecule has 0 aliphatic rings. The number of nitrogens with zero attached hydrogens (tertiary/aromatic N) is 2. The first-order valence-electron chi connectivity index (χ1n) is 11.0. The molecular weight excluding hydrogens is 482 g/mol. The largest absolute Gasteiger partial charge is 0.326 e. The molecule has 1 heterocycles. The van der Waals surface area contributed by atoms with E-state index in [4.69, 9.17) is 11.6 Å². The van der Waals surface area contributed by atoms with E-state index in [0.29, 0.717) is 27.3 Å². The molecule has 178 valence electrons. The second kappa shape index (κ2) is 11.1. The molecule has 35 heavy (non-hydrogen) atoms. The maximum atomic E-state index is 13.2. The van der Waals surface area contributed by atoms with E-state index in [1.165, 1.54) is 11.3 Å². The smallest absolute Gasteiger partial charge is 0.319 e. The van der Waals surface area contributed by atoms with Crippen molar-refractivity contribution in [2.24, 2.45) is 0 Å². The first-order valence-corrected chi connectivity index (χ1v) is 12.2. The summed E-state index contributed by atoms with van der Waals surface area (Å²) in [6.07, 6.45) is 0.312. The average Bonchev–Trinajstić information content (AvgIpc) is 3.30. The third-order valence-electron chi connectivity index (χ3n) is 5.40. The molecule has 1 atom stereocenters. The van der Waals surface area contributed by atoms with Crippen molar-refractivity contribution in [1.82, 2.24) is 15.5 Å². The second-order valence-corrected chi connectivity index (χ2v) is 9.47. The number of anilines is 2. The van der Waals surface area contributed by atoms with E-state index in [2.05, 4.69) is 26.1 Å². The maximum Gasteiger partial charge on any atom is 0.319 e. The number of carbonyl (C=O) groups is 2. The predicted octanol–water partition coefficient (Wildman–Crippen LogP) is 5.85. The summed E-state index contributed by atoms with van der Waals surface area (Å²) in [5, 5.41) is 18.2. The summed E-state index contributed by atoms with van der Waals surface area (Å²) < 4.78 is 0. The summed E-state index contributed by atoms with van der Waals surface area (Å²) in [7, 11) is 0. The summed E-state index contributed by atoms with van der Waals surface area (Å²) in [6, 6.07) is 21.1. The number of benzene rings is 3. The van der Waals surface area contributed by atoms with E-state index in [1.54, 1.807) is 12.1 Å². The molecule has 7 nitrogen and oxygen atoms in total. The molecular formula is C26H24ClN5O2S. The summed E-state index contributed by atoms with van der Waals surface area (Å²) in [6.45, 7) is 3.98. The highest BCUT2D eigenvalue weighted by Gasteiger charge is 2.23. The topological polar surface area (TPSA) is 96.0 Å². The van der Waals surface area contributed by atoms with Crippen molar-refractivity contribution >= 4 is 45.7 Å². The minimum Gasteiger partial charge on any atom is -0.326 e. The van der Waals surface area contributed by atoms with E-state index in [1.807, 2.05) is 74.5 Å². The van der Waals surface area contributed by atoms with Gasteiger partial charge in [-0.25, -0.2) is 4.79 Å². The van der Waals surface area contributed by atoms with Crippen molar-refractivity contribution in [2.45, 2.75) is 26.3 Å². The van der Waals surface area contributed by atoms with Crippen molar-refractivity contribution in [2.75, 3.05) is 10.6 Å². The van der Waals surface area contributed by atoms with Gasteiger partial charge in [0.2, 0.25) is 11.0 Å². The number of hydrogen-bond donors (Lipinski definition) is 3. The van der Waals surface area contributed by atoms with E-state index < -0.39 is 18.0 Å². The lowest BCUT2D eigenvalue weighted by molar-refractivity contribution is -0.117. The molecule has 0 radical (unpaired) electrons. The van der Waals surface area contributed by atoms with Crippen molar-refractivity contribution in [3.8, 4) is 10.6 Å². The lowest BCUT2D eigenvalue weighted by Crippen LogP contribution is -2.46. The highest BCUT2D eigenvalue weighted by Crippen LogP contribution is 2.28. The molecule has 3 N–H and O–H groups in total. The van der Waals surface area contributed by atoms with Gasteiger partial charge in [-0.1, -0.05) is 71.5 Å². The molecule has 3 aromatic carbocycles. The molecule has 4 rings (SSSR count). The zero-order valence-electron chi connectivity index (χ0n) is 19.2. The fourth-order valence-corrected chi connectivity index (χ4v) is 4.34. The predicted molar refractivity (Wildman–Crippen MR) is 141 cm³/mol. The molecule has 0 saturated carbocycles. The van der Waals surface area contributed by atoms with E-state index in [-0.39, 0.29) is 0 Å². The van der Waals surface area contributed by atoms with Gasteiger partial charge in [0.1, 0.15) is 11.0 Å². The van der Waals surface area contributed by atoms with Gasteiger partial charge < -0.3 is 10.6 Å². The van der Waals surface area contributed by atoms with Gasteiger partial charge in [-0.3, -0.25) is 10.1 Å². The van der Waals surface area contributed by atoms with Gasteiger partial charge in [0, 0.05) is 22.7 Å². The zero-order chi connectivity index (χ0) is 24.8. The summed E-state index contributed by atoms with van der Waals surface area (Å²) in [5.41, 5.74) is 4.57. The number of hydrogen-bond acceptors (Lipinski definition) is 5. The standard InChI is InChI=1S/C26H24ClN5O2S/c1-16-11-12-21(13-17(16)2)28-25(34)29-22(14-18-7-4-3-5-8-18)23(33)30-26-32-31-24(35-26)19-9-6-10-20(27)15-19/h3-13,15,22H,14H2,1-2H3,(H2,28,29,34)(H,30,32,33)/t22-/m0/s1. The lowest BCUT2D eigenvalue weighted by Gasteiger charge is -2.18. The summed E-state index contributed by atoms with van der Waals surface area (Å²) in [4.78, 5) is 25.9. The van der Waals surface area contributed by atoms with Crippen molar-refractivity contribution < 1.29 is 9.59 Å². The Bertz CT molecular complexity index is 1340. The number of halogens is 1. The number of rotatable bonds is 7. The monoisotopic (exact) mass is 505 g/mol. The highest BCUT2D eigenvalue weighted by molar-refractivity contribution is 7.18. The lowest BCUT2D eigenvalue weighted by atomic mass is 10.1. The minimum atomic E-state index is -0.831. The van der Waals surface area contributed by atoms with Crippen LogP contribution in [0.2, 0.25) is 5.02 Å². The Kier molecular flexibility index (Phi) is 7.74. The SMILES string of the molecule is Cc1ccc(NC(=O)N[C@@H](Cc2ccccc2)C(=O)Nc2nnc(-c3cccc(Cl)c3)s2)cc1C. The Morgan fingerprint density at radius 2 is 1.71 bits per heavy atom. The van der Waals surface area contributed by atoms with Gasteiger partial charge in [-0.05, 0) is 54.8 Å². The third kappa shape index (κ3) is 6.65. The van der Waals surface area contributed by atoms with Crippen LogP contribution >= 0.6 is 22.9 Å². The molecule has 0 bridgehead atoms. The molecule has 0 fully saturated rings. The van der Waals surface area contributed by atoms with Crippen LogP contribution < -0.4 is 16.0 Å².